The Morgan fingerprint density at radius 1 is 1.36 bits per heavy atom. The fraction of sp³-hybridized carbons (Fsp3) is 0.417. The summed E-state index contributed by atoms with van der Waals surface area (Å²) in [6.45, 7) is 2.05. The van der Waals surface area contributed by atoms with E-state index < -0.39 is 6.10 Å². The van der Waals surface area contributed by atoms with Crippen molar-refractivity contribution in [3.63, 3.8) is 0 Å². The molecule has 2 heteroatoms. The number of benzene rings is 1. The van der Waals surface area contributed by atoms with E-state index in [2.05, 4.69) is 24.3 Å². The van der Waals surface area contributed by atoms with E-state index >= 15 is 0 Å². The standard InChI is InChI=1S/C12H15NO/c1-10-2-4-11(5-3-10)6-7-12(14)8-9-13/h2-5,12,14H,6-8H2,1H3. The van der Waals surface area contributed by atoms with Gasteiger partial charge in [-0.05, 0) is 25.3 Å². The van der Waals surface area contributed by atoms with Crippen LogP contribution in [0.15, 0.2) is 24.3 Å². The van der Waals surface area contributed by atoms with Gasteiger partial charge in [0.15, 0.2) is 0 Å². The molecule has 0 saturated carbocycles. The number of nitrogens with zero attached hydrogens (tertiary/aromatic N) is 1. The Labute approximate surface area is 84.8 Å². The van der Waals surface area contributed by atoms with Crippen LogP contribution in [0, 0.1) is 18.3 Å². The summed E-state index contributed by atoms with van der Waals surface area (Å²) < 4.78 is 0. The van der Waals surface area contributed by atoms with Gasteiger partial charge in [0.05, 0.1) is 18.6 Å². The molecule has 1 unspecified atom stereocenters. The van der Waals surface area contributed by atoms with Crippen molar-refractivity contribution in [3.05, 3.63) is 35.4 Å². The molecule has 0 bridgehead atoms. The Morgan fingerprint density at radius 2 is 2.00 bits per heavy atom. The molecule has 1 atom stereocenters. The van der Waals surface area contributed by atoms with Gasteiger partial charge in [0.1, 0.15) is 0 Å². The first-order valence-electron chi connectivity index (χ1n) is 4.83. The third kappa shape index (κ3) is 3.59. The van der Waals surface area contributed by atoms with E-state index in [4.69, 9.17) is 5.26 Å². The summed E-state index contributed by atoms with van der Waals surface area (Å²) in [4.78, 5) is 0. The van der Waals surface area contributed by atoms with Gasteiger partial charge in [0.2, 0.25) is 0 Å². The lowest BCUT2D eigenvalue weighted by atomic mass is 10.0. The molecule has 14 heavy (non-hydrogen) atoms. The minimum atomic E-state index is -0.485. The van der Waals surface area contributed by atoms with Gasteiger partial charge < -0.3 is 5.11 Å². The summed E-state index contributed by atoms with van der Waals surface area (Å²) in [5, 5.41) is 17.7. The van der Waals surface area contributed by atoms with Crippen molar-refractivity contribution >= 4 is 0 Å². The second kappa shape index (κ2) is 5.41. The lowest BCUT2D eigenvalue weighted by Gasteiger charge is -2.06. The quantitative estimate of drug-likeness (QED) is 0.789. The van der Waals surface area contributed by atoms with Crippen LogP contribution in [-0.2, 0) is 6.42 Å². The van der Waals surface area contributed by atoms with E-state index in [0.717, 1.165) is 6.42 Å². The molecule has 2 nitrogen and oxygen atoms in total. The summed E-state index contributed by atoms with van der Waals surface area (Å²) in [6, 6.07) is 10.2. The van der Waals surface area contributed by atoms with Crippen molar-refractivity contribution in [1.82, 2.24) is 0 Å². The van der Waals surface area contributed by atoms with Crippen LogP contribution in [-0.4, -0.2) is 11.2 Å². The summed E-state index contributed by atoms with van der Waals surface area (Å²) in [6.07, 6.45) is 1.24. The maximum absolute atomic E-state index is 9.34. The Kier molecular flexibility index (Phi) is 4.15. The van der Waals surface area contributed by atoms with Gasteiger partial charge in [0, 0.05) is 0 Å². The first-order valence-corrected chi connectivity index (χ1v) is 4.83. The Hall–Kier alpha value is -1.33. The van der Waals surface area contributed by atoms with Crippen LogP contribution in [0.25, 0.3) is 0 Å². The highest BCUT2D eigenvalue weighted by Gasteiger charge is 2.03. The number of aliphatic hydroxyl groups is 1. The molecule has 0 amide bonds. The molecule has 1 aromatic carbocycles. The van der Waals surface area contributed by atoms with E-state index in [1.165, 1.54) is 11.1 Å². The monoisotopic (exact) mass is 189 g/mol. The van der Waals surface area contributed by atoms with Crippen LogP contribution in [0.4, 0.5) is 0 Å². The second-order valence-corrected chi connectivity index (χ2v) is 3.54. The maximum atomic E-state index is 9.34. The second-order valence-electron chi connectivity index (χ2n) is 3.54. The summed E-state index contributed by atoms with van der Waals surface area (Å²) in [5.41, 5.74) is 2.46. The molecule has 1 N–H and O–H groups in total. The molecule has 0 spiro atoms. The average Bonchev–Trinajstić information content (AvgIpc) is 2.17. The summed E-state index contributed by atoms with van der Waals surface area (Å²) in [5.74, 6) is 0. The van der Waals surface area contributed by atoms with Gasteiger partial charge in [-0.15, -0.1) is 0 Å². The zero-order valence-electron chi connectivity index (χ0n) is 8.40. The van der Waals surface area contributed by atoms with Gasteiger partial charge >= 0.3 is 0 Å². The lowest BCUT2D eigenvalue weighted by molar-refractivity contribution is 0.170. The molecule has 74 valence electrons. The summed E-state index contributed by atoms with van der Waals surface area (Å²) >= 11 is 0. The highest BCUT2D eigenvalue weighted by molar-refractivity contribution is 5.21. The molecule has 0 heterocycles. The van der Waals surface area contributed by atoms with Crippen molar-refractivity contribution in [3.8, 4) is 6.07 Å². The molecular weight excluding hydrogens is 174 g/mol. The molecule has 1 aromatic rings. The maximum Gasteiger partial charge on any atom is 0.0673 e. The minimum Gasteiger partial charge on any atom is -0.392 e. The Bertz CT molecular complexity index is 310. The van der Waals surface area contributed by atoms with Gasteiger partial charge in [-0.3, -0.25) is 0 Å². The molecule has 0 aliphatic heterocycles. The number of hydrogen-bond donors (Lipinski definition) is 1. The zero-order chi connectivity index (χ0) is 10.4. The number of aliphatic hydroxyl groups excluding tert-OH is 1. The van der Waals surface area contributed by atoms with E-state index in [-0.39, 0.29) is 6.42 Å². The predicted octanol–water partition coefficient (Wildman–Crippen LogP) is 2.20. The third-order valence-corrected chi connectivity index (χ3v) is 2.21. The van der Waals surface area contributed by atoms with Gasteiger partial charge in [-0.1, -0.05) is 29.8 Å². The third-order valence-electron chi connectivity index (χ3n) is 2.21. The fourth-order valence-corrected chi connectivity index (χ4v) is 1.30. The van der Waals surface area contributed by atoms with Crippen LogP contribution in [0.3, 0.4) is 0 Å². The fourth-order valence-electron chi connectivity index (χ4n) is 1.30. The topological polar surface area (TPSA) is 44.0 Å². The van der Waals surface area contributed by atoms with E-state index in [1.54, 1.807) is 0 Å². The summed E-state index contributed by atoms with van der Waals surface area (Å²) in [7, 11) is 0. The van der Waals surface area contributed by atoms with E-state index in [9.17, 15) is 5.11 Å². The van der Waals surface area contributed by atoms with Crippen molar-refractivity contribution in [2.75, 3.05) is 0 Å². The van der Waals surface area contributed by atoms with E-state index in [1.807, 2.05) is 13.0 Å². The molecule has 0 fully saturated rings. The van der Waals surface area contributed by atoms with Gasteiger partial charge in [0.25, 0.3) is 0 Å². The van der Waals surface area contributed by atoms with Gasteiger partial charge in [-0.2, -0.15) is 5.26 Å². The smallest absolute Gasteiger partial charge is 0.0673 e. The normalized spacial score (nSPS) is 12.1. The number of rotatable bonds is 4. The minimum absolute atomic E-state index is 0.228. The van der Waals surface area contributed by atoms with E-state index in [0.29, 0.717) is 6.42 Å². The molecule has 0 aliphatic carbocycles. The Morgan fingerprint density at radius 3 is 2.57 bits per heavy atom. The zero-order valence-corrected chi connectivity index (χ0v) is 8.40. The first kappa shape index (κ1) is 10.7. The van der Waals surface area contributed by atoms with Crippen molar-refractivity contribution < 1.29 is 5.11 Å². The largest absolute Gasteiger partial charge is 0.392 e. The van der Waals surface area contributed by atoms with Crippen molar-refractivity contribution in [1.29, 1.82) is 5.26 Å². The number of nitriles is 1. The Balaban J connectivity index is 2.39. The molecular formula is C12H15NO. The molecule has 1 rings (SSSR count). The van der Waals surface area contributed by atoms with Crippen LogP contribution in [0.5, 0.6) is 0 Å². The lowest BCUT2D eigenvalue weighted by Crippen LogP contribution is -2.06. The van der Waals surface area contributed by atoms with Crippen LogP contribution >= 0.6 is 0 Å². The number of aryl methyl sites for hydroxylation is 2. The van der Waals surface area contributed by atoms with Crippen molar-refractivity contribution in [2.24, 2.45) is 0 Å². The van der Waals surface area contributed by atoms with Crippen LogP contribution < -0.4 is 0 Å². The molecule has 0 saturated heterocycles. The first-order chi connectivity index (χ1) is 6.72. The van der Waals surface area contributed by atoms with Gasteiger partial charge in [-0.25, -0.2) is 0 Å². The highest BCUT2D eigenvalue weighted by Crippen LogP contribution is 2.08. The predicted molar refractivity (Wildman–Crippen MR) is 55.7 cm³/mol. The van der Waals surface area contributed by atoms with Crippen LogP contribution in [0.2, 0.25) is 0 Å². The molecule has 0 aliphatic rings. The SMILES string of the molecule is Cc1ccc(CCC(O)CC#N)cc1. The van der Waals surface area contributed by atoms with Crippen LogP contribution in [0.1, 0.15) is 24.0 Å². The average molecular weight is 189 g/mol. The molecule has 0 radical (unpaired) electrons. The molecule has 0 aromatic heterocycles. The number of hydrogen-bond acceptors (Lipinski definition) is 2. The highest BCUT2D eigenvalue weighted by atomic mass is 16.3. The van der Waals surface area contributed by atoms with Crippen molar-refractivity contribution in [2.45, 2.75) is 32.3 Å².